The van der Waals surface area contributed by atoms with Crippen molar-refractivity contribution in [2.75, 3.05) is 23.5 Å². The maximum absolute atomic E-state index is 12.3. The van der Waals surface area contributed by atoms with Gasteiger partial charge in [0.1, 0.15) is 5.75 Å². The summed E-state index contributed by atoms with van der Waals surface area (Å²) >= 11 is 8.84. The Hall–Kier alpha value is -2.29. The van der Waals surface area contributed by atoms with E-state index in [9.17, 15) is 4.79 Å². The van der Waals surface area contributed by atoms with E-state index in [0.29, 0.717) is 25.9 Å². The van der Waals surface area contributed by atoms with Crippen molar-refractivity contribution in [2.45, 2.75) is 18.2 Å². The van der Waals surface area contributed by atoms with Crippen LogP contribution in [0.15, 0.2) is 40.7 Å². The van der Waals surface area contributed by atoms with Crippen molar-refractivity contribution in [2.24, 2.45) is 0 Å². The first-order valence-electron chi connectivity index (χ1n) is 8.38. The van der Waals surface area contributed by atoms with Crippen LogP contribution < -0.4 is 15.4 Å². The summed E-state index contributed by atoms with van der Waals surface area (Å²) in [6.45, 7) is 3.91. The lowest BCUT2D eigenvalue weighted by atomic mass is 10.2. The van der Waals surface area contributed by atoms with Crippen LogP contribution >= 0.6 is 34.7 Å². The lowest BCUT2D eigenvalue weighted by Crippen LogP contribution is -2.14. The number of anilines is 3. The van der Waals surface area contributed by atoms with Gasteiger partial charge in [-0.15, -0.1) is 10.2 Å². The molecule has 0 aliphatic rings. The molecule has 0 saturated carbocycles. The number of benzene rings is 2. The normalized spacial score (nSPS) is 10.6. The number of hydrogen-bond acceptors (Lipinski definition) is 7. The molecule has 0 radical (unpaired) electrons. The average Bonchev–Trinajstić information content (AvgIpc) is 3.11. The van der Waals surface area contributed by atoms with E-state index in [2.05, 4.69) is 20.8 Å². The van der Waals surface area contributed by atoms with Gasteiger partial charge in [0.2, 0.25) is 11.0 Å². The van der Waals surface area contributed by atoms with Crippen molar-refractivity contribution in [3.63, 3.8) is 0 Å². The standard InChI is InChI=1S/C19H19ClN4O2S2/c1-11-4-7-16(26-3)15(8-11)22-17(25)10-27-19-24-23-18(28-19)21-13-6-5-12(2)14(20)9-13/h4-9H,10H2,1-3H3,(H,21,23)(H,22,25). The van der Waals surface area contributed by atoms with Gasteiger partial charge in [-0.2, -0.15) is 0 Å². The second-order valence-corrected chi connectivity index (χ2v) is 8.61. The molecule has 9 heteroatoms. The summed E-state index contributed by atoms with van der Waals surface area (Å²) in [5.41, 5.74) is 3.55. The highest BCUT2D eigenvalue weighted by molar-refractivity contribution is 8.01. The lowest BCUT2D eigenvalue weighted by Gasteiger charge is -2.10. The third-order valence-electron chi connectivity index (χ3n) is 3.79. The minimum Gasteiger partial charge on any atom is -0.495 e. The fourth-order valence-corrected chi connectivity index (χ4v) is 4.10. The number of rotatable bonds is 7. The summed E-state index contributed by atoms with van der Waals surface area (Å²) in [6.07, 6.45) is 0. The molecule has 6 nitrogen and oxygen atoms in total. The zero-order valence-electron chi connectivity index (χ0n) is 15.6. The van der Waals surface area contributed by atoms with Crippen LogP contribution in [0.25, 0.3) is 0 Å². The number of aromatic nitrogens is 2. The van der Waals surface area contributed by atoms with Crippen molar-refractivity contribution in [1.82, 2.24) is 10.2 Å². The number of carbonyl (C=O) groups excluding carboxylic acids is 1. The minimum absolute atomic E-state index is 0.135. The molecule has 0 unspecified atom stereocenters. The summed E-state index contributed by atoms with van der Waals surface area (Å²) in [6, 6.07) is 11.3. The summed E-state index contributed by atoms with van der Waals surface area (Å²) < 4.78 is 5.98. The topological polar surface area (TPSA) is 76.1 Å². The number of hydrogen-bond donors (Lipinski definition) is 2. The smallest absolute Gasteiger partial charge is 0.234 e. The van der Waals surface area contributed by atoms with Gasteiger partial charge in [0.15, 0.2) is 4.34 Å². The van der Waals surface area contributed by atoms with E-state index in [-0.39, 0.29) is 11.7 Å². The molecule has 1 aromatic heterocycles. The molecule has 0 fully saturated rings. The fourth-order valence-electron chi connectivity index (χ4n) is 2.35. The molecule has 146 valence electrons. The van der Waals surface area contributed by atoms with Gasteiger partial charge in [-0.1, -0.05) is 46.8 Å². The van der Waals surface area contributed by atoms with Crippen LogP contribution in [-0.2, 0) is 4.79 Å². The molecular formula is C19H19ClN4O2S2. The quantitative estimate of drug-likeness (QED) is 0.492. The fraction of sp³-hybridized carbons (Fsp3) is 0.211. The number of nitrogens with zero attached hydrogens (tertiary/aromatic N) is 2. The highest BCUT2D eigenvalue weighted by atomic mass is 35.5. The van der Waals surface area contributed by atoms with E-state index in [1.54, 1.807) is 7.11 Å². The van der Waals surface area contributed by atoms with Crippen molar-refractivity contribution >= 4 is 57.1 Å². The molecule has 0 aliphatic heterocycles. The molecular weight excluding hydrogens is 416 g/mol. The number of carbonyl (C=O) groups is 1. The summed E-state index contributed by atoms with van der Waals surface area (Å²) in [5.74, 6) is 0.717. The minimum atomic E-state index is -0.135. The Bertz CT molecular complexity index is 994. The van der Waals surface area contributed by atoms with E-state index < -0.39 is 0 Å². The molecule has 1 heterocycles. The number of ether oxygens (including phenoxy) is 1. The van der Waals surface area contributed by atoms with E-state index in [4.69, 9.17) is 16.3 Å². The Morgan fingerprint density at radius 1 is 1.21 bits per heavy atom. The van der Waals surface area contributed by atoms with E-state index >= 15 is 0 Å². The second-order valence-electron chi connectivity index (χ2n) is 6.00. The van der Waals surface area contributed by atoms with Crippen LogP contribution in [0, 0.1) is 13.8 Å². The Kier molecular flexibility index (Phi) is 6.77. The van der Waals surface area contributed by atoms with Gasteiger partial charge in [0.05, 0.1) is 18.6 Å². The summed E-state index contributed by atoms with van der Waals surface area (Å²) in [5, 5.41) is 15.6. The van der Waals surface area contributed by atoms with Gasteiger partial charge in [0.25, 0.3) is 0 Å². The van der Waals surface area contributed by atoms with Crippen molar-refractivity contribution < 1.29 is 9.53 Å². The van der Waals surface area contributed by atoms with Crippen LogP contribution in [0.1, 0.15) is 11.1 Å². The molecule has 28 heavy (non-hydrogen) atoms. The molecule has 1 amide bonds. The first-order valence-corrected chi connectivity index (χ1v) is 10.6. The Labute approximate surface area is 176 Å². The third-order valence-corrected chi connectivity index (χ3v) is 6.16. The number of amides is 1. The number of aryl methyl sites for hydroxylation is 2. The average molecular weight is 435 g/mol. The number of thioether (sulfide) groups is 1. The van der Waals surface area contributed by atoms with Gasteiger partial charge in [-0.05, 0) is 49.2 Å². The molecule has 0 bridgehead atoms. The lowest BCUT2D eigenvalue weighted by molar-refractivity contribution is -0.113. The van der Waals surface area contributed by atoms with Gasteiger partial charge in [0, 0.05) is 10.7 Å². The number of methoxy groups -OCH3 is 1. The van der Waals surface area contributed by atoms with Crippen LogP contribution in [0.3, 0.4) is 0 Å². The Morgan fingerprint density at radius 3 is 2.79 bits per heavy atom. The Balaban J connectivity index is 1.56. The van der Waals surface area contributed by atoms with Gasteiger partial charge < -0.3 is 15.4 Å². The highest BCUT2D eigenvalue weighted by Gasteiger charge is 2.11. The molecule has 0 aliphatic carbocycles. The van der Waals surface area contributed by atoms with Gasteiger partial charge in [-0.3, -0.25) is 4.79 Å². The first-order chi connectivity index (χ1) is 13.4. The zero-order valence-corrected chi connectivity index (χ0v) is 18.0. The number of halogens is 1. The molecule has 2 aromatic carbocycles. The van der Waals surface area contributed by atoms with Crippen molar-refractivity contribution in [3.8, 4) is 5.75 Å². The Morgan fingerprint density at radius 2 is 2.04 bits per heavy atom. The predicted molar refractivity (Wildman–Crippen MR) is 116 cm³/mol. The molecule has 0 spiro atoms. The van der Waals surface area contributed by atoms with E-state index in [1.165, 1.54) is 23.1 Å². The van der Waals surface area contributed by atoms with Crippen molar-refractivity contribution in [3.05, 3.63) is 52.5 Å². The predicted octanol–water partition coefficient (Wildman–Crippen LogP) is 5.29. The van der Waals surface area contributed by atoms with Crippen LogP contribution in [-0.4, -0.2) is 29.0 Å². The zero-order chi connectivity index (χ0) is 20.1. The van der Waals surface area contributed by atoms with Gasteiger partial charge >= 0.3 is 0 Å². The summed E-state index contributed by atoms with van der Waals surface area (Å²) in [7, 11) is 1.58. The van der Waals surface area contributed by atoms with Crippen LogP contribution in [0.4, 0.5) is 16.5 Å². The van der Waals surface area contributed by atoms with Gasteiger partial charge in [-0.25, -0.2) is 0 Å². The third kappa shape index (κ3) is 5.37. The molecule has 0 saturated heterocycles. The second kappa shape index (κ2) is 9.27. The maximum atomic E-state index is 12.3. The van der Waals surface area contributed by atoms with Crippen LogP contribution in [0.5, 0.6) is 5.75 Å². The molecule has 2 N–H and O–H groups in total. The largest absolute Gasteiger partial charge is 0.495 e. The van der Waals surface area contributed by atoms with Crippen LogP contribution in [0.2, 0.25) is 5.02 Å². The highest BCUT2D eigenvalue weighted by Crippen LogP contribution is 2.30. The van der Waals surface area contributed by atoms with Crippen molar-refractivity contribution in [1.29, 1.82) is 0 Å². The monoisotopic (exact) mass is 434 g/mol. The van der Waals surface area contributed by atoms with E-state index in [1.807, 2.05) is 50.2 Å². The molecule has 0 atom stereocenters. The van der Waals surface area contributed by atoms with E-state index in [0.717, 1.165) is 16.8 Å². The summed E-state index contributed by atoms with van der Waals surface area (Å²) in [4.78, 5) is 12.3. The molecule has 3 aromatic rings. The maximum Gasteiger partial charge on any atom is 0.234 e. The first kappa shape index (κ1) is 20.4. The SMILES string of the molecule is COc1ccc(C)cc1NC(=O)CSc1nnc(Nc2ccc(C)c(Cl)c2)s1. The number of nitrogens with one attached hydrogen (secondary N) is 2. The molecule has 3 rings (SSSR count).